The summed E-state index contributed by atoms with van der Waals surface area (Å²) in [5.41, 5.74) is 0.863. The van der Waals surface area contributed by atoms with Crippen LogP contribution < -0.4 is 5.32 Å². The minimum absolute atomic E-state index is 0.00399. The normalized spacial score (nSPS) is 18.2. The average molecular weight is 297 g/mol. The highest BCUT2D eigenvalue weighted by Gasteiger charge is 2.33. The minimum Gasteiger partial charge on any atom is -0.363 e. The Bertz CT molecular complexity index is 471. The van der Waals surface area contributed by atoms with Gasteiger partial charge >= 0.3 is 0 Å². The Morgan fingerprint density at radius 3 is 2.55 bits per heavy atom. The van der Waals surface area contributed by atoms with Crippen LogP contribution in [0.3, 0.4) is 0 Å². The molecule has 2 rings (SSSR count). The summed E-state index contributed by atoms with van der Waals surface area (Å²) in [5.74, 6) is -0.0134. The summed E-state index contributed by atoms with van der Waals surface area (Å²) in [6.07, 6.45) is 0. The molecule has 1 amide bonds. The third kappa shape index (κ3) is 3.51. The molecule has 1 aromatic carbocycles. The fraction of sp³-hybridized carbons (Fsp3) is 0.533. The van der Waals surface area contributed by atoms with E-state index in [2.05, 4.69) is 5.32 Å². The molecular formula is C15H21ClN2O2. The second kappa shape index (κ2) is 6.12. The molecule has 1 fully saturated rings. The van der Waals surface area contributed by atoms with E-state index in [1.165, 1.54) is 0 Å². The topological polar surface area (TPSA) is 41.6 Å². The predicted molar refractivity (Wildman–Crippen MR) is 79.9 cm³/mol. The van der Waals surface area contributed by atoms with E-state index < -0.39 is 0 Å². The molecule has 20 heavy (non-hydrogen) atoms. The molecule has 5 heteroatoms. The molecule has 0 aromatic heterocycles. The monoisotopic (exact) mass is 296 g/mol. The van der Waals surface area contributed by atoms with Gasteiger partial charge in [-0.25, -0.2) is 0 Å². The number of nitrogens with zero attached hydrogens (tertiary/aromatic N) is 1. The van der Waals surface area contributed by atoms with Crippen molar-refractivity contribution >= 4 is 17.5 Å². The summed E-state index contributed by atoms with van der Waals surface area (Å²) in [6, 6.07) is 7.55. The van der Waals surface area contributed by atoms with Crippen LogP contribution in [0.25, 0.3) is 0 Å². The number of carbonyl (C=O) groups is 1. The highest BCUT2D eigenvalue weighted by molar-refractivity contribution is 6.30. The lowest BCUT2D eigenvalue weighted by atomic mass is 10.0. The van der Waals surface area contributed by atoms with Crippen molar-refractivity contribution in [3.05, 3.63) is 34.9 Å². The summed E-state index contributed by atoms with van der Waals surface area (Å²) in [4.78, 5) is 13.9. The molecule has 1 aliphatic rings. The number of likely N-dealkylation sites (N-methyl/N-ethyl adjacent to an activating group) is 1. The van der Waals surface area contributed by atoms with Crippen molar-refractivity contribution in [3.63, 3.8) is 0 Å². The second-order valence-electron chi connectivity index (χ2n) is 5.57. The van der Waals surface area contributed by atoms with Gasteiger partial charge in [0.1, 0.15) is 6.61 Å². The SMILES string of the molecule is CC(c1ccc(Cl)cc1)N(C)C(=O)COC1(C)CNC1. The number of nitrogens with one attached hydrogen (secondary N) is 1. The van der Waals surface area contributed by atoms with Crippen molar-refractivity contribution in [2.75, 3.05) is 26.7 Å². The first-order valence-electron chi connectivity index (χ1n) is 6.77. The molecule has 1 saturated heterocycles. The van der Waals surface area contributed by atoms with Crippen molar-refractivity contribution < 1.29 is 9.53 Å². The quantitative estimate of drug-likeness (QED) is 0.906. The van der Waals surface area contributed by atoms with Gasteiger partial charge in [-0.1, -0.05) is 23.7 Å². The number of carbonyl (C=O) groups excluding carboxylic acids is 1. The number of ether oxygens (including phenoxy) is 1. The molecule has 1 aliphatic heterocycles. The van der Waals surface area contributed by atoms with Gasteiger partial charge in [0.2, 0.25) is 5.91 Å². The maximum absolute atomic E-state index is 12.2. The molecule has 0 spiro atoms. The van der Waals surface area contributed by atoms with Crippen LogP contribution in [-0.4, -0.2) is 43.2 Å². The van der Waals surface area contributed by atoms with E-state index in [1.54, 1.807) is 11.9 Å². The molecule has 0 radical (unpaired) electrons. The van der Waals surface area contributed by atoms with Crippen LogP contribution in [0, 0.1) is 0 Å². The van der Waals surface area contributed by atoms with E-state index in [-0.39, 0.29) is 24.2 Å². The molecule has 0 aliphatic carbocycles. The van der Waals surface area contributed by atoms with Crippen LogP contribution in [0.15, 0.2) is 24.3 Å². The van der Waals surface area contributed by atoms with E-state index in [9.17, 15) is 4.79 Å². The Hall–Kier alpha value is -1.10. The number of benzene rings is 1. The van der Waals surface area contributed by atoms with Crippen LogP contribution in [0.4, 0.5) is 0 Å². The Kier molecular flexibility index (Phi) is 4.68. The van der Waals surface area contributed by atoms with E-state index in [0.29, 0.717) is 5.02 Å². The highest BCUT2D eigenvalue weighted by Crippen LogP contribution is 2.21. The van der Waals surface area contributed by atoms with E-state index >= 15 is 0 Å². The molecule has 1 unspecified atom stereocenters. The van der Waals surface area contributed by atoms with Gasteiger partial charge < -0.3 is 15.0 Å². The molecular weight excluding hydrogens is 276 g/mol. The van der Waals surface area contributed by atoms with Crippen molar-refractivity contribution in [1.82, 2.24) is 10.2 Å². The number of rotatable bonds is 5. The maximum Gasteiger partial charge on any atom is 0.248 e. The van der Waals surface area contributed by atoms with Crippen molar-refractivity contribution in [2.24, 2.45) is 0 Å². The summed E-state index contributed by atoms with van der Waals surface area (Å²) in [6.45, 7) is 5.73. The zero-order chi connectivity index (χ0) is 14.8. The number of hydrogen-bond donors (Lipinski definition) is 1. The van der Waals surface area contributed by atoms with E-state index in [0.717, 1.165) is 18.7 Å². The highest BCUT2D eigenvalue weighted by atomic mass is 35.5. The first kappa shape index (κ1) is 15.3. The van der Waals surface area contributed by atoms with Crippen LogP contribution >= 0.6 is 11.6 Å². The van der Waals surface area contributed by atoms with Crippen LogP contribution in [-0.2, 0) is 9.53 Å². The van der Waals surface area contributed by atoms with Gasteiger partial charge in [0, 0.05) is 25.2 Å². The Balaban J connectivity index is 1.90. The smallest absolute Gasteiger partial charge is 0.248 e. The molecule has 110 valence electrons. The predicted octanol–water partition coefficient (Wildman–Crippen LogP) is 2.24. The van der Waals surface area contributed by atoms with Crippen LogP contribution in [0.2, 0.25) is 5.02 Å². The molecule has 0 saturated carbocycles. The van der Waals surface area contributed by atoms with E-state index in [1.807, 2.05) is 38.1 Å². The Labute approximate surface area is 125 Å². The largest absolute Gasteiger partial charge is 0.363 e. The van der Waals surface area contributed by atoms with E-state index in [4.69, 9.17) is 16.3 Å². The zero-order valence-corrected chi connectivity index (χ0v) is 12.9. The van der Waals surface area contributed by atoms with Crippen LogP contribution in [0.5, 0.6) is 0 Å². The fourth-order valence-electron chi connectivity index (χ4n) is 2.10. The molecule has 1 N–H and O–H groups in total. The zero-order valence-electron chi connectivity index (χ0n) is 12.1. The van der Waals surface area contributed by atoms with Gasteiger partial charge in [0.25, 0.3) is 0 Å². The standard InChI is InChI=1S/C15H21ClN2O2/c1-11(12-4-6-13(16)7-5-12)18(3)14(19)8-20-15(2)9-17-10-15/h4-7,11,17H,8-10H2,1-3H3. The van der Waals surface area contributed by atoms with Gasteiger partial charge in [-0.15, -0.1) is 0 Å². The van der Waals surface area contributed by atoms with Crippen molar-refractivity contribution in [1.29, 1.82) is 0 Å². The summed E-state index contributed by atoms with van der Waals surface area (Å²) < 4.78 is 5.68. The van der Waals surface area contributed by atoms with Crippen molar-refractivity contribution in [3.8, 4) is 0 Å². The second-order valence-corrected chi connectivity index (χ2v) is 6.01. The van der Waals surface area contributed by atoms with Gasteiger partial charge in [0.05, 0.1) is 11.6 Å². The van der Waals surface area contributed by atoms with Gasteiger partial charge in [-0.05, 0) is 31.5 Å². The minimum atomic E-state index is -0.194. The molecule has 0 bridgehead atoms. The third-order valence-corrected chi connectivity index (χ3v) is 4.12. The molecule has 1 heterocycles. The Morgan fingerprint density at radius 1 is 1.45 bits per heavy atom. The first-order valence-corrected chi connectivity index (χ1v) is 7.15. The summed E-state index contributed by atoms with van der Waals surface area (Å²) in [5, 5.41) is 3.84. The summed E-state index contributed by atoms with van der Waals surface area (Å²) in [7, 11) is 1.80. The van der Waals surface area contributed by atoms with Gasteiger partial charge in [-0.3, -0.25) is 4.79 Å². The molecule has 1 aromatic rings. The number of hydrogen-bond acceptors (Lipinski definition) is 3. The third-order valence-electron chi connectivity index (χ3n) is 3.87. The van der Waals surface area contributed by atoms with Crippen molar-refractivity contribution in [2.45, 2.75) is 25.5 Å². The van der Waals surface area contributed by atoms with Gasteiger partial charge in [0.15, 0.2) is 0 Å². The Morgan fingerprint density at radius 2 is 2.05 bits per heavy atom. The number of halogens is 1. The van der Waals surface area contributed by atoms with Crippen LogP contribution in [0.1, 0.15) is 25.5 Å². The lowest BCUT2D eigenvalue weighted by Crippen LogP contribution is -2.59. The molecule has 1 atom stereocenters. The lowest BCUT2D eigenvalue weighted by molar-refractivity contribution is -0.146. The number of amides is 1. The fourth-order valence-corrected chi connectivity index (χ4v) is 2.22. The first-order chi connectivity index (χ1) is 9.41. The average Bonchev–Trinajstić information content (AvgIpc) is 2.42. The lowest BCUT2D eigenvalue weighted by Gasteiger charge is -2.39. The summed E-state index contributed by atoms with van der Waals surface area (Å²) >= 11 is 5.87. The maximum atomic E-state index is 12.2. The molecule has 4 nitrogen and oxygen atoms in total. The van der Waals surface area contributed by atoms with Gasteiger partial charge in [-0.2, -0.15) is 0 Å².